The zero-order chi connectivity index (χ0) is 15.4. The van der Waals surface area contributed by atoms with Crippen LogP contribution in [-0.2, 0) is 11.3 Å². The fourth-order valence-corrected chi connectivity index (χ4v) is 2.57. The van der Waals surface area contributed by atoms with Crippen LogP contribution >= 0.6 is 11.6 Å². The highest BCUT2D eigenvalue weighted by Crippen LogP contribution is 2.20. The molecule has 0 saturated carbocycles. The number of benzene rings is 1. The van der Waals surface area contributed by atoms with Crippen LogP contribution in [0.1, 0.15) is 18.4 Å². The number of likely N-dealkylation sites (tertiary alicyclic amines) is 1. The van der Waals surface area contributed by atoms with Crippen LogP contribution < -0.4 is 5.32 Å². The Bertz CT molecular complexity index is 553. The van der Waals surface area contributed by atoms with Crippen molar-refractivity contribution in [3.05, 3.63) is 34.6 Å². The summed E-state index contributed by atoms with van der Waals surface area (Å²) in [5.74, 6) is -1.33. The second-order valence-corrected chi connectivity index (χ2v) is 5.51. The van der Waals surface area contributed by atoms with Gasteiger partial charge in [-0.1, -0.05) is 17.7 Å². The minimum Gasteiger partial charge on any atom is -0.481 e. The molecule has 21 heavy (non-hydrogen) atoms. The third kappa shape index (κ3) is 4.32. The van der Waals surface area contributed by atoms with Crippen molar-refractivity contribution in [1.82, 2.24) is 10.2 Å². The predicted octanol–water partition coefficient (Wildman–Crippen LogP) is 2.49. The summed E-state index contributed by atoms with van der Waals surface area (Å²) in [6, 6.07) is 4.03. The number of aliphatic carboxylic acids is 1. The van der Waals surface area contributed by atoms with Crippen LogP contribution in [0.25, 0.3) is 0 Å². The van der Waals surface area contributed by atoms with Crippen molar-refractivity contribution in [2.45, 2.75) is 19.4 Å². The molecule has 1 saturated heterocycles. The van der Waals surface area contributed by atoms with Gasteiger partial charge >= 0.3 is 12.0 Å². The molecule has 0 aliphatic carbocycles. The summed E-state index contributed by atoms with van der Waals surface area (Å²) in [5, 5.41) is 11.5. The molecule has 2 rings (SSSR count). The Morgan fingerprint density at radius 3 is 2.90 bits per heavy atom. The summed E-state index contributed by atoms with van der Waals surface area (Å²) in [4.78, 5) is 24.2. The van der Waals surface area contributed by atoms with Crippen LogP contribution in [-0.4, -0.2) is 35.1 Å². The number of nitrogens with zero attached hydrogens (tertiary/aromatic N) is 1. The zero-order valence-electron chi connectivity index (χ0n) is 11.3. The van der Waals surface area contributed by atoms with E-state index in [-0.39, 0.29) is 29.9 Å². The average molecular weight is 315 g/mol. The van der Waals surface area contributed by atoms with Crippen molar-refractivity contribution in [2.75, 3.05) is 13.1 Å². The maximum Gasteiger partial charge on any atom is 0.317 e. The monoisotopic (exact) mass is 314 g/mol. The number of hydrogen-bond acceptors (Lipinski definition) is 2. The number of carboxylic acid groups (broad SMARTS) is 1. The minimum atomic E-state index is -0.844. The number of halogens is 2. The third-order valence-corrected chi connectivity index (χ3v) is 3.75. The van der Waals surface area contributed by atoms with Crippen molar-refractivity contribution in [1.29, 1.82) is 0 Å². The Kier molecular flexibility index (Phi) is 5.01. The first-order valence-electron chi connectivity index (χ1n) is 6.64. The van der Waals surface area contributed by atoms with Crippen molar-refractivity contribution < 1.29 is 19.1 Å². The number of urea groups is 1. The van der Waals surface area contributed by atoms with Crippen molar-refractivity contribution in [2.24, 2.45) is 5.92 Å². The SMILES string of the molecule is O=C(O)CC1CCN(C(=O)NCc2ccc(F)c(Cl)c2)C1. The second-order valence-electron chi connectivity index (χ2n) is 5.11. The van der Waals surface area contributed by atoms with Crippen molar-refractivity contribution in [3.63, 3.8) is 0 Å². The quantitative estimate of drug-likeness (QED) is 0.897. The fraction of sp³-hybridized carbons (Fsp3) is 0.429. The van der Waals surface area contributed by atoms with Gasteiger partial charge in [0, 0.05) is 26.1 Å². The normalized spacial score (nSPS) is 17.8. The largest absolute Gasteiger partial charge is 0.481 e. The molecule has 0 aromatic heterocycles. The number of amides is 2. The minimum absolute atomic E-state index is 0.00788. The van der Waals surface area contributed by atoms with Gasteiger partial charge in [0.2, 0.25) is 0 Å². The summed E-state index contributed by atoms with van der Waals surface area (Å²) < 4.78 is 13.0. The summed E-state index contributed by atoms with van der Waals surface area (Å²) >= 11 is 5.67. The lowest BCUT2D eigenvalue weighted by atomic mass is 10.1. The van der Waals surface area contributed by atoms with Gasteiger partial charge in [0.15, 0.2) is 0 Å². The Labute approximate surface area is 126 Å². The van der Waals surface area contributed by atoms with E-state index < -0.39 is 11.8 Å². The average Bonchev–Trinajstić information content (AvgIpc) is 2.87. The number of nitrogens with one attached hydrogen (secondary N) is 1. The van der Waals surface area contributed by atoms with E-state index >= 15 is 0 Å². The molecule has 0 bridgehead atoms. The van der Waals surface area contributed by atoms with Crippen LogP contribution in [0.3, 0.4) is 0 Å². The van der Waals surface area contributed by atoms with Gasteiger partial charge in [0.1, 0.15) is 5.82 Å². The second kappa shape index (κ2) is 6.76. The Hall–Kier alpha value is -1.82. The lowest BCUT2D eigenvalue weighted by Crippen LogP contribution is -2.38. The molecule has 1 aromatic rings. The van der Waals surface area contributed by atoms with E-state index in [1.54, 1.807) is 11.0 Å². The lowest BCUT2D eigenvalue weighted by Gasteiger charge is -2.17. The molecule has 2 amide bonds. The Balaban J connectivity index is 1.82. The first-order chi connectivity index (χ1) is 9.95. The van der Waals surface area contributed by atoms with Gasteiger partial charge in [0.05, 0.1) is 5.02 Å². The van der Waals surface area contributed by atoms with E-state index in [4.69, 9.17) is 16.7 Å². The number of carboxylic acids is 1. The van der Waals surface area contributed by atoms with Crippen LogP contribution in [0.4, 0.5) is 9.18 Å². The van der Waals surface area contributed by atoms with Gasteiger partial charge in [-0.15, -0.1) is 0 Å². The molecule has 7 heteroatoms. The summed E-state index contributed by atoms with van der Waals surface area (Å²) in [5.41, 5.74) is 0.705. The molecular weight excluding hydrogens is 299 g/mol. The third-order valence-electron chi connectivity index (χ3n) is 3.46. The maximum atomic E-state index is 13.0. The molecule has 1 unspecified atom stereocenters. The molecule has 1 aliphatic heterocycles. The van der Waals surface area contributed by atoms with Crippen LogP contribution in [0, 0.1) is 11.7 Å². The highest BCUT2D eigenvalue weighted by Gasteiger charge is 2.27. The molecule has 1 aromatic carbocycles. The van der Waals surface area contributed by atoms with Crippen LogP contribution in [0.15, 0.2) is 18.2 Å². The van der Waals surface area contributed by atoms with Gasteiger partial charge in [0.25, 0.3) is 0 Å². The van der Waals surface area contributed by atoms with E-state index in [0.717, 1.165) is 0 Å². The molecule has 1 fully saturated rings. The molecule has 0 spiro atoms. The molecule has 1 atom stereocenters. The molecule has 5 nitrogen and oxygen atoms in total. The lowest BCUT2D eigenvalue weighted by molar-refractivity contribution is -0.138. The Morgan fingerprint density at radius 2 is 2.24 bits per heavy atom. The first kappa shape index (κ1) is 15.6. The van der Waals surface area contributed by atoms with Gasteiger partial charge in [-0.2, -0.15) is 0 Å². The van der Waals surface area contributed by atoms with E-state index in [0.29, 0.717) is 25.1 Å². The highest BCUT2D eigenvalue weighted by atomic mass is 35.5. The number of hydrogen-bond donors (Lipinski definition) is 2. The molecular formula is C14H16ClFN2O3. The predicted molar refractivity (Wildman–Crippen MR) is 75.6 cm³/mol. The topological polar surface area (TPSA) is 69.6 Å². The molecule has 1 heterocycles. The number of rotatable bonds is 4. The van der Waals surface area contributed by atoms with Gasteiger partial charge in [-0.05, 0) is 30.0 Å². The standard InChI is InChI=1S/C14H16ClFN2O3/c15-11-5-9(1-2-12(11)16)7-17-14(21)18-4-3-10(8-18)6-13(19)20/h1-2,5,10H,3-4,6-8H2,(H,17,21)(H,19,20). The van der Waals surface area contributed by atoms with E-state index in [9.17, 15) is 14.0 Å². The molecule has 114 valence electrons. The Morgan fingerprint density at radius 1 is 1.48 bits per heavy atom. The zero-order valence-corrected chi connectivity index (χ0v) is 12.1. The van der Waals surface area contributed by atoms with Crippen LogP contribution in [0.5, 0.6) is 0 Å². The van der Waals surface area contributed by atoms with Crippen molar-refractivity contribution >= 4 is 23.6 Å². The molecule has 2 N–H and O–H groups in total. The first-order valence-corrected chi connectivity index (χ1v) is 7.02. The van der Waals surface area contributed by atoms with Gasteiger partial charge in [-0.3, -0.25) is 4.79 Å². The number of carbonyl (C=O) groups is 2. The summed E-state index contributed by atoms with van der Waals surface area (Å²) in [6.45, 7) is 1.25. The fourth-order valence-electron chi connectivity index (χ4n) is 2.37. The van der Waals surface area contributed by atoms with Gasteiger partial charge in [-0.25, -0.2) is 9.18 Å². The van der Waals surface area contributed by atoms with E-state index in [1.165, 1.54) is 12.1 Å². The smallest absolute Gasteiger partial charge is 0.317 e. The highest BCUT2D eigenvalue weighted by molar-refractivity contribution is 6.30. The van der Waals surface area contributed by atoms with Gasteiger partial charge < -0.3 is 15.3 Å². The summed E-state index contributed by atoms with van der Waals surface area (Å²) in [6.07, 6.45) is 0.777. The number of carbonyl (C=O) groups excluding carboxylic acids is 1. The van der Waals surface area contributed by atoms with E-state index in [2.05, 4.69) is 5.32 Å². The maximum absolute atomic E-state index is 13.0. The summed E-state index contributed by atoms with van der Waals surface area (Å²) in [7, 11) is 0. The van der Waals surface area contributed by atoms with Crippen LogP contribution in [0.2, 0.25) is 5.02 Å². The molecule has 0 radical (unpaired) electrons. The van der Waals surface area contributed by atoms with E-state index in [1.807, 2.05) is 0 Å². The van der Waals surface area contributed by atoms with Crippen molar-refractivity contribution in [3.8, 4) is 0 Å². The molecule has 1 aliphatic rings.